The fraction of sp³-hybridized carbons (Fsp3) is 0.718. The van der Waals surface area contributed by atoms with Gasteiger partial charge < -0.3 is 13.9 Å². The summed E-state index contributed by atoms with van der Waals surface area (Å²) in [5, 5.41) is 3.03. The molecule has 45 heavy (non-hydrogen) atoms. The maximum atomic E-state index is 14.4. The lowest BCUT2D eigenvalue weighted by Gasteiger charge is -2.39. The van der Waals surface area contributed by atoms with E-state index in [1.165, 1.54) is 22.4 Å². The van der Waals surface area contributed by atoms with Crippen molar-refractivity contribution in [3.05, 3.63) is 53.3 Å². The van der Waals surface area contributed by atoms with Gasteiger partial charge in [0.2, 0.25) is 0 Å². The maximum absolute atomic E-state index is 14.4. The molecule has 5 atom stereocenters. The summed E-state index contributed by atoms with van der Waals surface area (Å²) >= 11 is 0. The van der Waals surface area contributed by atoms with E-state index in [2.05, 4.69) is 117 Å². The highest BCUT2D eigenvalue weighted by atomic mass is 28.4. The largest absolute Gasteiger partial charge is 0.410 e. The Morgan fingerprint density at radius 2 is 1.76 bits per heavy atom. The topological polar surface area (TPSA) is 44.8 Å². The molecule has 1 saturated heterocycles. The minimum atomic E-state index is -2.00. The number of fused-ring (bicyclic) bond motifs is 1. The predicted molar refractivity (Wildman–Crippen MR) is 194 cm³/mol. The number of hydrogen-bond acceptors (Lipinski definition) is 4. The molecule has 1 saturated carbocycles. The number of benzene rings is 1. The van der Waals surface area contributed by atoms with Gasteiger partial charge in [0.1, 0.15) is 8.07 Å². The van der Waals surface area contributed by atoms with E-state index in [1.807, 2.05) is 0 Å². The highest BCUT2D eigenvalue weighted by Gasteiger charge is 2.54. The molecular formula is C39H64O4Si2. The minimum absolute atomic E-state index is 0.00689. The molecule has 1 unspecified atom stereocenters. The third-order valence-corrected chi connectivity index (χ3v) is 20.7. The zero-order valence-electron chi connectivity index (χ0n) is 30.6. The molecular weight excluding hydrogens is 589 g/mol. The van der Waals surface area contributed by atoms with Crippen LogP contribution in [0.15, 0.2) is 53.3 Å². The van der Waals surface area contributed by atoms with Crippen LogP contribution in [-0.4, -0.2) is 47.8 Å². The summed E-state index contributed by atoms with van der Waals surface area (Å²) < 4.78 is 19.2. The van der Waals surface area contributed by atoms with Crippen LogP contribution in [0.1, 0.15) is 99.8 Å². The van der Waals surface area contributed by atoms with Gasteiger partial charge in [0.15, 0.2) is 20.4 Å². The first-order chi connectivity index (χ1) is 20.9. The average molecular weight is 653 g/mol. The lowest BCUT2D eigenvalue weighted by molar-refractivity contribution is -0.161. The number of allylic oxidation sites excluding steroid dienone is 2. The zero-order chi connectivity index (χ0) is 33.3. The van der Waals surface area contributed by atoms with E-state index >= 15 is 0 Å². The third kappa shape index (κ3) is 8.05. The van der Waals surface area contributed by atoms with Gasteiger partial charge >= 0.3 is 0 Å². The second-order valence-electron chi connectivity index (χ2n) is 17.2. The van der Waals surface area contributed by atoms with Crippen LogP contribution in [-0.2, 0) is 18.7 Å². The van der Waals surface area contributed by atoms with Crippen molar-refractivity contribution in [2.24, 2.45) is 22.7 Å². The summed E-state index contributed by atoms with van der Waals surface area (Å²) in [6, 6.07) is 11.0. The number of carbonyl (C=O) groups excluding carboxylic acids is 1. The van der Waals surface area contributed by atoms with Crippen molar-refractivity contribution < 1.29 is 18.7 Å². The first-order valence-electron chi connectivity index (χ1n) is 17.8. The van der Waals surface area contributed by atoms with Crippen molar-refractivity contribution in [1.82, 2.24) is 0 Å². The van der Waals surface area contributed by atoms with Gasteiger partial charge in [0.25, 0.3) is 0 Å². The fourth-order valence-corrected chi connectivity index (χ4v) is 11.8. The molecule has 1 heterocycles. The highest BCUT2D eigenvalue weighted by Crippen LogP contribution is 2.58. The molecule has 1 aliphatic heterocycles. The van der Waals surface area contributed by atoms with Crippen molar-refractivity contribution in [2.75, 3.05) is 13.2 Å². The van der Waals surface area contributed by atoms with Crippen LogP contribution in [0.3, 0.4) is 0 Å². The van der Waals surface area contributed by atoms with Crippen LogP contribution in [0.25, 0.3) is 0 Å². The Bertz CT molecular complexity index is 1220. The second-order valence-corrected chi connectivity index (χ2v) is 26.5. The Kier molecular flexibility index (Phi) is 11.4. The normalized spacial score (nSPS) is 30.3. The van der Waals surface area contributed by atoms with Gasteiger partial charge in [-0.15, -0.1) is 0 Å². The van der Waals surface area contributed by atoms with E-state index in [9.17, 15) is 4.79 Å². The molecule has 0 N–H and O–H groups in total. The van der Waals surface area contributed by atoms with Gasteiger partial charge in [-0.1, -0.05) is 108 Å². The monoisotopic (exact) mass is 652 g/mol. The van der Waals surface area contributed by atoms with Crippen LogP contribution < -0.4 is 5.19 Å². The number of hydrogen-bond donors (Lipinski definition) is 0. The van der Waals surface area contributed by atoms with Crippen molar-refractivity contribution in [3.8, 4) is 0 Å². The van der Waals surface area contributed by atoms with Crippen molar-refractivity contribution in [3.63, 3.8) is 0 Å². The molecule has 1 aromatic rings. The predicted octanol–water partition coefficient (Wildman–Crippen LogP) is 9.76. The maximum Gasteiger partial charge on any atom is 0.192 e. The highest BCUT2D eigenvalue weighted by molar-refractivity contribution is 6.95. The van der Waals surface area contributed by atoms with E-state index in [0.29, 0.717) is 18.4 Å². The number of rotatable bonds is 11. The Labute approximate surface area is 277 Å². The van der Waals surface area contributed by atoms with Crippen LogP contribution in [0.5, 0.6) is 0 Å². The summed E-state index contributed by atoms with van der Waals surface area (Å²) in [7, 11) is -3.97. The molecule has 252 valence electrons. The molecule has 0 spiro atoms. The minimum Gasteiger partial charge on any atom is -0.410 e. The van der Waals surface area contributed by atoms with Gasteiger partial charge in [-0.3, -0.25) is 4.79 Å². The van der Waals surface area contributed by atoms with E-state index < -0.39 is 21.8 Å². The SMILES string of the molecule is CC(C)[C@H]1C[C@H](O[Si](C)(C)C(C)(C)C)C2=CC(=O)[C@@](C)(C/C=C(\CCOC3CCCCO3)[Si](C)(C)c3ccccc3)CC[C@@]21C. The Hall–Kier alpha value is -1.32. The van der Waals surface area contributed by atoms with Gasteiger partial charge in [0, 0.05) is 12.0 Å². The lowest BCUT2D eigenvalue weighted by Crippen LogP contribution is -2.44. The molecule has 4 nitrogen and oxygen atoms in total. The molecule has 0 aromatic heterocycles. The molecule has 0 bridgehead atoms. The summed E-state index contributed by atoms with van der Waals surface area (Å²) in [5.74, 6) is 1.35. The number of ether oxygens (including phenoxy) is 2. The third-order valence-electron chi connectivity index (χ3n) is 12.3. The molecule has 1 aromatic carbocycles. The summed E-state index contributed by atoms with van der Waals surface area (Å²) in [5.41, 5.74) is 0.847. The molecule has 2 fully saturated rings. The van der Waals surface area contributed by atoms with Crippen LogP contribution in [0.4, 0.5) is 0 Å². The van der Waals surface area contributed by atoms with Gasteiger partial charge in [-0.05, 0) is 98.4 Å². The van der Waals surface area contributed by atoms with Crippen LogP contribution in [0.2, 0.25) is 31.2 Å². The van der Waals surface area contributed by atoms with Crippen molar-refractivity contribution in [1.29, 1.82) is 0 Å². The van der Waals surface area contributed by atoms with E-state index in [-0.39, 0.29) is 28.6 Å². The Balaban J connectivity index is 1.63. The average Bonchev–Trinajstić information content (AvgIpc) is 3.19. The molecule has 2 aliphatic carbocycles. The van der Waals surface area contributed by atoms with E-state index in [0.717, 1.165) is 51.6 Å². The Morgan fingerprint density at radius 3 is 2.36 bits per heavy atom. The summed E-state index contributed by atoms with van der Waals surface area (Å²) in [6.45, 7) is 27.4. The molecule has 3 aliphatic rings. The quantitative estimate of drug-likeness (QED) is 0.223. The van der Waals surface area contributed by atoms with Gasteiger partial charge in [-0.25, -0.2) is 0 Å². The van der Waals surface area contributed by atoms with Crippen molar-refractivity contribution in [2.45, 2.75) is 143 Å². The molecule has 6 heteroatoms. The first-order valence-corrected chi connectivity index (χ1v) is 23.7. The van der Waals surface area contributed by atoms with E-state index in [1.54, 1.807) is 0 Å². The summed E-state index contributed by atoms with van der Waals surface area (Å²) in [6.07, 6.45) is 12.4. The first kappa shape index (κ1) is 36.5. The Morgan fingerprint density at radius 1 is 1.07 bits per heavy atom. The van der Waals surface area contributed by atoms with E-state index in [4.69, 9.17) is 13.9 Å². The zero-order valence-corrected chi connectivity index (χ0v) is 32.6. The number of ketones is 1. The van der Waals surface area contributed by atoms with Crippen molar-refractivity contribution >= 4 is 27.4 Å². The summed E-state index contributed by atoms with van der Waals surface area (Å²) in [4.78, 5) is 14.4. The second kappa shape index (κ2) is 14.0. The van der Waals surface area contributed by atoms with Gasteiger partial charge in [-0.2, -0.15) is 0 Å². The molecule has 0 radical (unpaired) electrons. The lowest BCUT2D eigenvalue weighted by atomic mass is 9.68. The van der Waals surface area contributed by atoms with Gasteiger partial charge in [0.05, 0.1) is 12.7 Å². The van der Waals surface area contributed by atoms with Crippen LogP contribution in [0, 0.1) is 22.7 Å². The standard InChI is InChI=1S/C39H64O4Si2/c1-29(2)32-27-34(43-45(10,11)37(3,4)5)33-28-35(40)38(6,23-24-39(32,33)7)22-20-31(21-26-42-36-19-15-16-25-41-36)44(8,9)30-17-13-12-14-18-30/h12-14,17-18,20,28-29,32,34,36H,15-16,19,21-27H2,1-11H3/b31-20+/t32-,34+,36?,38+,39-/m1/s1. The number of carbonyl (C=O) groups is 1. The smallest absolute Gasteiger partial charge is 0.192 e. The molecule has 0 amide bonds. The molecule has 4 rings (SSSR count). The fourth-order valence-electron chi connectivity index (χ4n) is 7.82. The van der Waals surface area contributed by atoms with Crippen LogP contribution >= 0.6 is 0 Å².